The van der Waals surface area contributed by atoms with Gasteiger partial charge in [0.25, 0.3) is 0 Å². The molecule has 0 aliphatic heterocycles. The number of hydrogen-bond donors (Lipinski definition) is 1. The van der Waals surface area contributed by atoms with Crippen molar-refractivity contribution < 1.29 is 19.4 Å². The molecular formula is C16H21ClO4. The summed E-state index contributed by atoms with van der Waals surface area (Å²) >= 11 is 5.81. The number of hydrogen-bond acceptors (Lipinski definition) is 3. The first-order valence-corrected chi connectivity index (χ1v) is 7.64. The number of halogens is 1. The van der Waals surface area contributed by atoms with E-state index in [2.05, 4.69) is 6.92 Å². The number of unbranched alkanes of at least 4 members (excludes halogenated alkanes) is 5. The molecule has 0 heterocycles. The summed E-state index contributed by atoms with van der Waals surface area (Å²) < 4.78 is 5.12. The van der Waals surface area contributed by atoms with Crippen LogP contribution in [0.5, 0.6) is 0 Å². The Morgan fingerprint density at radius 3 is 2.48 bits per heavy atom. The zero-order chi connectivity index (χ0) is 15.7. The van der Waals surface area contributed by atoms with E-state index in [1.165, 1.54) is 37.5 Å². The molecule has 5 heteroatoms. The van der Waals surface area contributed by atoms with E-state index in [1.807, 2.05) is 0 Å². The molecule has 0 aromatic heterocycles. The van der Waals surface area contributed by atoms with E-state index in [0.29, 0.717) is 6.61 Å². The van der Waals surface area contributed by atoms with Gasteiger partial charge in [0.15, 0.2) is 0 Å². The summed E-state index contributed by atoms with van der Waals surface area (Å²) in [6.07, 6.45) is 6.55. The number of rotatable bonds is 9. The van der Waals surface area contributed by atoms with Gasteiger partial charge < -0.3 is 9.84 Å². The average Bonchev–Trinajstić information content (AvgIpc) is 2.45. The van der Waals surface area contributed by atoms with E-state index in [0.717, 1.165) is 19.3 Å². The molecule has 1 aromatic carbocycles. The van der Waals surface area contributed by atoms with E-state index in [1.54, 1.807) is 0 Å². The minimum absolute atomic E-state index is 0.000910. The standard InChI is InChI=1S/C16H21ClO4/c1-2-3-4-5-6-7-11-21-16(20)12-9-8-10-13(17)14(12)15(18)19/h8-10H,2-7,11H2,1H3,(H,18,19). The van der Waals surface area contributed by atoms with Crippen molar-refractivity contribution in [2.24, 2.45) is 0 Å². The Bertz CT molecular complexity index is 485. The van der Waals surface area contributed by atoms with Gasteiger partial charge in [-0.15, -0.1) is 0 Å². The van der Waals surface area contributed by atoms with E-state index in [-0.39, 0.29) is 16.1 Å². The SMILES string of the molecule is CCCCCCCCOC(=O)c1cccc(Cl)c1C(=O)O. The fourth-order valence-electron chi connectivity index (χ4n) is 2.04. The number of esters is 1. The second-order valence-corrected chi connectivity index (χ2v) is 5.28. The summed E-state index contributed by atoms with van der Waals surface area (Å²) in [5.41, 5.74) is -0.201. The lowest BCUT2D eigenvalue weighted by molar-refractivity contribution is 0.0487. The van der Waals surface area contributed by atoms with Crippen molar-refractivity contribution in [1.82, 2.24) is 0 Å². The molecule has 0 fully saturated rings. The van der Waals surface area contributed by atoms with Gasteiger partial charge in [0.2, 0.25) is 0 Å². The predicted octanol–water partition coefficient (Wildman–Crippen LogP) is 4.56. The maximum atomic E-state index is 11.9. The Balaban J connectivity index is 2.46. The van der Waals surface area contributed by atoms with E-state index >= 15 is 0 Å². The first-order valence-electron chi connectivity index (χ1n) is 7.26. The Morgan fingerprint density at radius 1 is 1.14 bits per heavy atom. The van der Waals surface area contributed by atoms with Crippen LogP contribution in [0.1, 0.15) is 66.2 Å². The van der Waals surface area contributed by atoms with E-state index < -0.39 is 11.9 Å². The van der Waals surface area contributed by atoms with Crippen molar-refractivity contribution in [3.8, 4) is 0 Å². The zero-order valence-corrected chi connectivity index (χ0v) is 13.0. The summed E-state index contributed by atoms with van der Waals surface area (Å²) in [4.78, 5) is 23.0. The van der Waals surface area contributed by atoms with Crippen LogP contribution < -0.4 is 0 Å². The molecule has 0 saturated carbocycles. The molecule has 0 aliphatic carbocycles. The molecule has 0 amide bonds. The van der Waals surface area contributed by atoms with Gasteiger partial charge in [0.1, 0.15) is 0 Å². The van der Waals surface area contributed by atoms with Crippen LogP contribution in [0.25, 0.3) is 0 Å². The summed E-state index contributed by atoms with van der Waals surface area (Å²) in [6.45, 7) is 2.46. The summed E-state index contributed by atoms with van der Waals surface area (Å²) in [6, 6.07) is 4.39. The second-order valence-electron chi connectivity index (χ2n) is 4.87. The van der Waals surface area contributed by atoms with Crippen LogP contribution >= 0.6 is 11.6 Å². The third-order valence-corrected chi connectivity index (χ3v) is 3.49. The Labute approximate surface area is 130 Å². The maximum Gasteiger partial charge on any atom is 0.339 e. The number of aromatic carboxylic acids is 1. The van der Waals surface area contributed by atoms with E-state index in [9.17, 15) is 9.59 Å². The normalized spacial score (nSPS) is 10.4. The lowest BCUT2D eigenvalue weighted by atomic mass is 10.1. The smallest absolute Gasteiger partial charge is 0.339 e. The Morgan fingerprint density at radius 2 is 1.81 bits per heavy atom. The first kappa shape index (κ1) is 17.5. The van der Waals surface area contributed by atoms with Crippen LogP contribution in [0.15, 0.2) is 18.2 Å². The monoisotopic (exact) mass is 312 g/mol. The van der Waals surface area contributed by atoms with Crippen molar-refractivity contribution in [2.75, 3.05) is 6.61 Å². The third-order valence-electron chi connectivity index (χ3n) is 3.18. The Kier molecular flexibility index (Phi) is 7.83. The van der Waals surface area contributed by atoms with Crippen LogP contribution in [0.4, 0.5) is 0 Å². The molecule has 1 rings (SSSR count). The molecule has 0 saturated heterocycles. The van der Waals surface area contributed by atoms with E-state index in [4.69, 9.17) is 21.4 Å². The number of carbonyl (C=O) groups is 2. The van der Waals surface area contributed by atoms with Crippen molar-refractivity contribution in [1.29, 1.82) is 0 Å². The highest BCUT2D eigenvalue weighted by atomic mass is 35.5. The molecule has 1 N–H and O–H groups in total. The third kappa shape index (κ3) is 5.76. The molecule has 116 valence electrons. The zero-order valence-electron chi connectivity index (χ0n) is 12.2. The first-order chi connectivity index (χ1) is 10.1. The molecule has 0 spiro atoms. The molecule has 0 bridgehead atoms. The molecule has 1 aromatic rings. The summed E-state index contributed by atoms with van der Waals surface area (Å²) in [5, 5.41) is 9.13. The van der Waals surface area contributed by atoms with Crippen LogP contribution in [-0.4, -0.2) is 23.7 Å². The summed E-state index contributed by atoms with van der Waals surface area (Å²) in [7, 11) is 0. The summed E-state index contributed by atoms with van der Waals surface area (Å²) in [5.74, 6) is -1.87. The second kappa shape index (κ2) is 9.40. The molecule has 0 unspecified atom stereocenters. The maximum absolute atomic E-state index is 11.9. The lowest BCUT2D eigenvalue weighted by Gasteiger charge is -2.08. The van der Waals surface area contributed by atoms with Crippen LogP contribution in [0.2, 0.25) is 5.02 Å². The average molecular weight is 313 g/mol. The fraction of sp³-hybridized carbons (Fsp3) is 0.500. The molecule has 0 atom stereocenters. The molecule has 0 radical (unpaired) electrons. The molecule has 4 nitrogen and oxygen atoms in total. The quantitative estimate of drug-likeness (QED) is 0.536. The number of carbonyl (C=O) groups excluding carboxylic acids is 1. The van der Waals surface area contributed by atoms with Gasteiger partial charge in [-0.3, -0.25) is 0 Å². The van der Waals surface area contributed by atoms with Crippen LogP contribution in [-0.2, 0) is 4.74 Å². The van der Waals surface area contributed by atoms with Crippen molar-refractivity contribution >= 4 is 23.5 Å². The van der Waals surface area contributed by atoms with Gasteiger partial charge in [0, 0.05) is 0 Å². The van der Waals surface area contributed by atoms with Crippen molar-refractivity contribution in [3.63, 3.8) is 0 Å². The highest BCUT2D eigenvalue weighted by Crippen LogP contribution is 2.21. The predicted molar refractivity (Wildman–Crippen MR) is 82.1 cm³/mol. The molecule has 21 heavy (non-hydrogen) atoms. The van der Waals surface area contributed by atoms with Gasteiger partial charge in [-0.1, -0.05) is 56.7 Å². The van der Waals surface area contributed by atoms with Gasteiger partial charge >= 0.3 is 11.9 Å². The van der Waals surface area contributed by atoms with Crippen LogP contribution in [0.3, 0.4) is 0 Å². The minimum Gasteiger partial charge on any atom is -0.478 e. The number of benzene rings is 1. The van der Waals surface area contributed by atoms with Gasteiger partial charge in [0.05, 0.1) is 22.8 Å². The van der Waals surface area contributed by atoms with Gasteiger partial charge in [-0.05, 0) is 18.6 Å². The number of carboxylic acids is 1. The lowest BCUT2D eigenvalue weighted by Crippen LogP contribution is -2.13. The molecular weight excluding hydrogens is 292 g/mol. The van der Waals surface area contributed by atoms with Crippen LogP contribution in [0, 0.1) is 0 Å². The largest absolute Gasteiger partial charge is 0.478 e. The Hall–Kier alpha value is -1.55. The van der Waals surface area contributed by atoms with Gasteiger partial charge in [-0.2, -0.15) is 0 Å². The molecule has 0 aliphatic rings. The number of ether oxygens (including phenoxy) is 1. The van der Waals surface area contributed by atoms with Crippen molar-refractivity contribution in [2.45, 2.75) is 45.4 Å². The van der Waals surface area contributed by atoms with Crippen molar-refractivity contribution in [3.05, 3.63) is 34.3 Å². The highest BCUT2D eigenvalue weighted by Gasteiger charge is 2.20. The minimum atomic E-state index is -1.23. The highest BCUT2D eigenvalue weighted by molar-refractivity contribution is 6.34. The topological polar surface area (TPSA) is 63.6 Å². The van der Waals surface area contributed by atoms with Gasteiger partial charge in [-0.25, -0.2) is 9.59 Å². The number of carboxylic acid groups (broad SMARTS) is 1. The fourth-order valence-corrected chi connectivity index (χ4v) is 2.29.